The van der Waals surface area contributed by atoms with Crippen LogP contribution in [0.15, 0.2) is 40.4 Å². The van der Waals surface area contributed by atoms with Gasteiger partial charge in [-0.2, -0.15) is 15.0 Å². The van der Waals surface area contributed by atoms with E-state index in [9.17, 15) is 0 Å². The molecule has 2 N–H and O–H groups in total. The molecule has 6 heteroatoms. The van der Waals surface area contributed by atoms with Gasteiger partial charge >= 0.3 is 0 Å². The summed E-state index contributed by atoms with van der Waals surface area (Å²) in [5.74, 6) is 0.333. The van der Waals surface area contributed by atoms with Crippen molar-refractivity contribution >= 4 is 29.1 Å². The van der Waals surface area contributed by atoms with Gasteiger partial charge in [-0.05, 0) is 18.6 Å². The van der Waals surface area contributed by atoms with E-state index in [1.165, 1.54) is 16.0 Å². The van der Waals surface area contributed by atoms with Crippen molar-refractivity contribution in [2.75, 3.05) is 5.73 Å². The molecular formula is C14H15N5S. The first-order chi connectivity index (χ1) is 9.76. The van der Waals surface area contributed by atoms with E-state index in [0.29, 0.717) is 15.5 Å². The first-order valence-electron chi connectivity index (χ1n) is 6.30. The molecule has 0 aliphatic heterocycles. The normalized spacial score (nSPS) is 11.9. The minimum Gasteiger partial charge on any atom is -0.382 e. The molecule has 0 unspecified atom stereocenters. The standard InChI is InChI=1S/C14H15N5S/c1-2-3-9-17-19-13(16)12(10-15)20-14(19)18-11-7-5-4-6-8-11/h4-9H,2-3,16H2,1H3/b17-9-,18-14?. The zero-order valence-electron chi connectivity index (χ0n) is 11.2. The van der Waals surface area contributed by atoms with E-state index in [4.69, 9.17) is 11.0 Å². The summed E-state index contributed by atoms with van der Waals surface area (Å²) >= 11 is 1.24. The molecule has 1 heterocycles. The van der Waals surface area contributed by atoms with Gasteiger partial charge in [-0.15, -0.1) is 0 Å². The Morgan fingerprint density at radius 3 is 2.80 bits per heavy atom. The van der Waals surface area contributed by atoms with E-state index in [1.54, 1.807) is 6.21 Å². The fourth-order valence-corrected chi connectivity index (χ4v) is 2.33. The number of nitrogens with two attached hydrogens (primary N) is 1. The van der Waals surface area contributed by atoms with Crippen LogP contribution in [-0.2, 0) is 0 Å². The number of hydrogen-bond donors (Lipinski definition) is 1. The predicted molar refractivity (Wildman–Crippen MR) is 81.9 cm³/mol. The molecule has 0 aliphatic rings. The predicted octanol–water partition coefficient (Wildman–Crippen LogP) is 2.87. The van der Waals surface area contributed by atoms with Crippen LogP contribution in [0.1, 0.15) is 24.6 Å². The number of nitrogen functional groups attached to an aromatic ring is 1. The molecule has 0 bridgehead atoms. The highest BCUT2D eigenvalue weighted by atomic mass is 32.1. The topological polar surface area (TPSA) is 79.5 Å². The van der Waals surface area contributed by atoms with Crippen LogP contribution in [0.2, 0.25) is 0 Å². The summed E-state index contributed by atoms with van der Waals surface area (Å²) in [5, 5.41) is 13.4. The first kappa shape index (κ1) is 14.0. The van der Waals surface area contributed by atoms with E-state index < -0.39 is 0 Å². The smallest absolute Gasteiger partial charge is 0.214 e. The van der Waals surface area contributed by atoms with E-state index >= 15 is 0 Å². The second-order valence-electron chi connectivity index (χ2n) is 4.06. The Morgan fingerprint density at radius 2 is 2.15 bits per heavy atom. The second-order valence-corrected chi connectivity index (χ2v) is 5.03. The molecule has 5 nitrogen and oxygen atoms in total. The minimum absolute atomic E-state index is 0.333. The Kier molecular flexibility index (Phi) is 4.69. The second kappa shape index (κ2) is 6.68. The Bertz CT molecular complexity index is 703. The average molecular weight is 285 g/mol. The molecule has 1 aromatic carbocycles. The lowest BCUT2D eigenvalue weighted by molar-refractivity contribution is 0.846. The number of rotatable bonds is 4. The number of anilines is 1. The Balaban J connectivity index is 2.52. The van der Waals surface area contributed by atoms with E-state index in [1.807, 2.05) is 30.3 Å². The van der Waals surface area contributed by atoms with Gasteiger partial charge in [0, 0.05) is 6.21 Å². The van der Waals surface area contributed by atoms with E-state index in [-0.39, 0.29) is 0 Å². The fraction of sp³-hybridized carbons (Fsp3) is 0.214. The van der Waals surface area contributed by atoms with Crippen LogP contribution in [0.4, 0.5) is 11.5 Å². The molecule has 2 rings (SSSR count). The maximum Gasteiger partial charge on any atom is 0.214 e. The third kappa shape index (κ3) is 3.13. The SMILES string of the molecule is CCC/C=N\n1c(N)c(C#N)sc1=Nc1ccccc1. The van der Waals surface area contributed by atoms with Crippen molar-refractivity contribution in [1.29, 1.82) is 5.26 Å². The van der Waals surface area contributed by atoms with Crippen LogP contribution in [0.3, 0.4) is 0 Å². The van der Waals surface area contributed by atoms with Gasteiger partial charge in [-0.3, -0.25) is 0 Å². The van der Waals surface area contributed by atoms with Gasteiger partial charge in [0.1, 0.15) is 6.07 Å². The number of thiazole rings is 1. The Morgan fingerprint density at radius 1 is 1.40 bits per heavy atom. The lowest BCUT2D eigenvalue weighted by Crippen LogP contribution is -2.12. The summed E-state index contributed by atoms with van der Waals surface area (Å²) in [7, 11) is 0. The highest BCUT2D eigenvalue weighted by Crippen LogP contribution is 2.15. The van der Waals surface area contributed by atoms with Crippen molar-refractivity contribution in [3.05, 3.63) is 40.0 Å². The number of unbranched alkanes of at least 4 members (excludes halogenated alkanes) is 1. The van der Waals surface area contributed by atoms with Crippen molar-refractivity contribution in [3.63, 3.8) is 0 Å². The van der Waals surface area contributed by atoms with E-state index in [0.717, 1.165) is 18.5 Å². The summed E-state index contributed by atoms with van der Waals surface area (Å²) in [6, 6.07) is 11.6. The van der Waals surface area contributed by atoms with Crippen molar-refractivity contribution in [1.82, 2.24) is 4.68 Å². The van der Waals surface area contributed by atoms with Crippen molar-refractivity contribution in [2.45, 2.75) is 19.8 Å². The summed E-state index contributed by atoms with van der Waals surface area (Å²) in [6.45, 7) is 2.07. The van der Waals surface area contributed by atoms with Gasteiger partial charge < -0.3 is 5.73 Å². The molecule has 0 spiro atoms. The van der Waals surface area contributed by atoms with Crippen LogP contribution in [0.5, 0.6) is 0 Å². The van der Waals surface area contributed by atoms with Crippen molar-refractivity contribution in [2.24, 2.45) is 10.1 Å². The molecule has 0 fully saturated rings. The number of nitriles is 1. The van der Waals surface area contributed by atoms with Gasteiger partial charge in [0.15, 0.2) is 10.7 Å². The monoisotopic (exact) mass is 285 g/mol. The summed E-state index contributed by atoms with van der Waals surface area (Å²) in [4.78, 5) is 5.51. The largest absolute Gasteiger partial charge is 0.382 e. The lowest BCUT2D eigenvalue weighted by Gasteiger charge is -1.97. The first-order valence-corrected chi connectivity index (χ1v) is 7.12. The molecule has 0 amide bonds. The molecule has 2 aromatic rings. The van der Waals surface area contributed by atoms with Crippen LogP contribution < -0.4 is 10.5 Å². The van der Waals surface area contributed by atoms with Crippen molar-refractivity contribution < 1.29 is 0 Å². The molecule has 0 aliphatic carbocycles. The van der Waals surface area contributed by atoms with Crippen LogP contribution >= 0.6 is 11.3 Å². The Labute approximate surface area is 121 Å². The zero-order chi connectivity index (χ0) is 14.4. The maximum atomic E-state index is 9.07. The highest BCUT2D eigenvalue weighted by Gasteiger charge is 2.09. The zero-order valence-corrected chi connectivity index (χ0v) is 12.0. The number of benzene rings is 1. The van der Waals surface area contributed by atoms with Crippen LogP contribution in [-0.4, -0.2) is 10.9 Å². The van der Waals surface area contributed by atoms with Gasteiger partial charge in [0.2, 0.25) is 4.80 Å². The van der Waals surface area contributed by atoms with Crippen molar-refractivity contribution in [3.8, 4) is 6.07 Å². The van der Waals surface area contributed by atoms with Gasteiger partial charge in [0.05, 0.1) is 5.69 Å². The molecule has 0 radical (unpaired) electrons. The van der Waals surface area contributed by atoms with Gasteiger partial charge in [-0.1, -0.05) is 42.9 Å². The van der Waals surface area contributed by atoms with Gasteiger partial charge in [0.25, 0.3) is 0 Å². The summed E-state index contributed by atoms with van der Waals surface area (Å²) in [6.07, 6.45) is 3.65. The third-order valence-electron chi connectivity index (χ3n) is 2.53. The van der Waals surface area contributed by atoms with Crippen LogP contribution in [0.25, 0.3) is 0 Å². The molecule has 102 valence electrons. The Hall–Kier alpha value is -2.39. The molecule has 0 saturated carbocycles. The number of para-hydroxylation sites is 1. The summed E-state index contributed by atoms with van der Waals surface area (Å²) in [5.41, 5.74) is 6.73. The highest BCUT2D eigenvalue weighted by molar-refractivity contribution is 7.10. The summed E-state index contributed by atoms with van der Waals surface area (Å²) < 4.78 is 1.52. The average Bonchev–Trinajstić information content (AvgIpc) is 2.77. The lowest BCUT2D eigenvalue weighted by atomic mass is 10.3. The number of nitrogens with zero attached hydrogens (tertiary/aromatic N) is 4. The molecule has 20 heavy (non-hydrogen) atoms. The fourth-order valence-electron chi connectivity index (χ4n) is 1.53. The molecule has 1 aromatic heterocycles. The minimum atomic E-state index is 0.333. The van der Waals surface area contributed by atoms with Gasteiger partial charge in [-0.25, -0.2) is 4.99 Å². The van der Waals surface area contributed by atoms with Crippen LogP contribution in [0, 0.1) is 11.3 Å². The number of aromatic nitrogens is 1. The maximum absolute atomic E-state index is 9.07. The molecule has 0 atom stereocenters. The van der Waals surface area contributed by atoms with E-state index in [2.05, 4.69) is 23.1 Å². The number of hydrogen-bond acceptors (Lipinski definition) is 5. The molecular weight excluding hydrogens is 270 g/mol. The third-order valence-corrected chi connectivity index (χ3v) is 3.48. The molecule has 0 saturated heterocycles. The quantitative estimate of drug-likeness (QED) is 0.876.